The molecule has 0 spiro atoms. The summed E-state index contributed by atoms with van der Waals surface area (Å²) in [6.45, 7) is 2.97. The number of nitrogens with zero attached hydrogens (tertiary/aromatic N) is 2. The van der Waals surface area contributed by atoms with E-state index in [0.717, 1.165) is 25.2 Å². The zero-order chi connectivity index (χ0) is 14.8. The van der Waals surface area contributed by atoms with Gasteiger partial charge in [-0.05, 0) is 31.9 Å². The highest BCUT2D eigenvalue weighted by Crippen LogP contribution is 2.27. The molecule has 1 N–H and O–H groups in total. The second-order valence-corrected chi connectivity index (χ2v) is 6.37. The summed E-state index contributed by atoms with van der Waals surface area (Å²) in [5, 5.41) is 0. The average Bonchev–Trinajstić information content (AvgIpc) is 3.18. The molecule has 1 fully saturated rings. The molecule has 0 radical (unpaired) electrons. The predicted octanol–water partition coefficient (Wildman–Crippen LogP) is 2.69. The highest BCUT2D eigenvalue weighted by Gasteiger charge is 2.27. The van der Waals surface area contributed by atoms with Gasteiger partial charge in [-0.25, -0.2) is 4.98 Å². The summed E-state index contributed by atoms with van der Waals surface area (Å²) in [6, 6.07) is 3.48. The largest absolute Gasteiger partial charge is 0.348 e. The smallest absolute Gasteiger partial charge is 0.263 e. The van der Waals surface area contributed by atoms with Crippen molar-refractivity contribution in [3.63, 3.8) is 0 Å². The van der Waals surface area contributed by atoms with Crippen LogP contribution in [0.25, 0.3) is 0 Å². The predicted molar refractivity (Wildman–Crippen MR) is 80.8 cm³/mol. The summed E-state index contributed by atoms with van der Waals surface area (Å²) in [6.07, 6.45) is 5.57. The zero-order valence-electron chi connectivity index (χ0n) is 11.8. The molecule has 1 aliphatic heterocycles. The van der Waals surface area contributed by atoms with Crippen LogP contribution in [-0.2, 0) is 0 Å². The number of ketones is 1. The Labute approximate surface area is 127 Å². The van der Waals surface area contributed by atoms with Crippen LogP contribution < -0.4 is 0 Å². The average molecular weight is 303 g/mol. The summed E-state index contributed by atoms with van der Waals surface area (Å²) < 4.78 is 0. The van der Waals surface area contributed by atoms with Gasteiger partial charge in [-0.15, -0.1) is 11.3 Å². The lowest BCUT2D eigenvalue weighted by Crippen LogP contribution is -2.39. The van der Waals surface area contributed by atoms with Crippen LogP contribution in [0.3, 0.4) is 0 Å². The summed E-state index contributed by atoms with van der Waals surface area (Å²) in [4.78, 5) is 34.5. The molecule has 3 rings (SSSR count). The number of nitrogens with one attached hydrogen (secondary N) is 1. The van der Waals surface area contributed by atoms with Gasteiger partial charge in [0, 0.05) is 31.4 Å². The SMILES string of the molecule is CC(=O)c1ccc(C(=O)N2CCCC(c3ncc[nH]3)C2)s1. The summed E-state index contributed by atoms with van der Waals surface area (Å²) in [5.41, 5.74) is 0. The van der Waals surface area contributed by atoms with Crippen LogP contribution in [0, 0.1) is 0 Å². The van der Waals surface area contributed by atoms with Crippen molar-refractivity contribution in [2.45, 2.75) is 25.7 Å². The summed E-state index contributed by atoms with van der Waals surface area (Å²) in [7, 11) is 0. The monoisotopic (exact) mass is 303 g/mol. The number of aromatic nitrogens is 2. The molecule has 110 valence electrons. The number of hydrogen-bond donors (Lipinski definition) is 1. The van der Waals surface area contributed by atoms with E-state index in [-0.39, 0.29) is 17.6 Å². The van der Waals surface area contributed by atoms with Crippen LogP contribution >= 0.6 is 11.3 Å². The number of imidazole rings is 1. The number of carbonyl (C=O) groups is 2. The van der Waals surface area contributed by atoms with E-state index in [1.54, 1.807) is 18.3 Å². The van der Waals surface area contributed by atoms with Gasteiger partial charge in [0.2, 0.25) is 0 Å². The maximum absolute atomic E-state index is 12.5. The topological polar surface area (TPSA) is 66.1 Å². The standard InChI is InChI=1S/C15H17N3O2S/c1-10(19)12-4-5-13(21-12)15(20)18-8-2-3-11(9-18)14-16-6-7-17-14/h4-7,11H,2-3,8-9H2,1H3,(H,16,17). The van der Waals surface area contributed by atoms with Crippen LogP contribution in [0.4, 0.5) is 0 Å². The van der Waals surface area contributed by atoms with Crippen molar-refractivity contribution in [2.24, 2.45) is 0 Å². The maximum Gasteiger partial charge on any atom is 0.263 e. The maximum atomic E-state index is 12.5. The Morgan fingerprint density at radius 1 is 1.38 bits per heavy atom. The number of Topliss-reactive ketones (excluding diaryl/α,β-unsaturated/α-hetero) is 1. The van der Waals surface area contributed by atoms with Gasteiger partial charge in [0.1, 0.15) is 5.82 Å². The van der Waals surface area contributed by atoms with Crippen molar-refractivity contribution in [1.82, 2.24) is 14.9 Å². The second-order valence-electron chi connectivity index (χ2n) is 5.28. The molecule has 2 aromatic rings. The quantitative estimate of drug-likeness (QED) is 0.887. The van der Waals surface area contributed by atoms with Crippen molar-refractivity contribution in [3.8, 4) is 0 Å². The lowest BCUT2D eigenvalue weighted by Gasteiger charge is -2.31. The fourth-order valence-electron chi connectivity index (χ4n) is 2.68. The third-order valence-electron chi connectivity index (χ3n) is 3.78. The Morgan fingerprint density at radius 3 is 2.86 bits per heavy atom. The number of H-pyrrole nitrogens is 1. The highest BCUT2D eigenvalue weighted by molar-refractivity contribution is 7.15. The number of amides is 1. The Bertz CT molecular complexity index is 648. The van der Waals surface area contributed by atoms with E-state index in [9.17, 15) is 9.59 Å². The molecule has 0 aliphatic carbocycles. The van der Waals surface area contributed by atoms with Crippen molar-refractivity contribution in [3.05, 3.63) is 40.1 Å². The lowest BCUT2D eigenvalue weighted by molar-refractivity contribution is 0.0709. The van der Waals surface area contributed by atoms with Gasteiger partial charge in [0.15, 0.2) is 5.78 Å². The van der Waals surface area contributed by atoms with Gasteiger partial charge in [-0.1, -0.05) is 0 Å². The first-order chi connectivity index (χ1) is 10.1. The van der Waals surface area contributed by atoms with E-state index < -0.39 is 0 Å². The third kappa shape index (κ3) is 2.90. The van der Waals surface area contributed by atoms with Crippen LogP contribution in [-0.4, -0.2) is 39.6 Å². The molecule has 0 saturated carbocycles. The minimum Gasteiger partial charge on any atom is -0.348 e. The van der Waals surface area contributed by atoms with E-state index in [2.05, 4.69) is 9.97 Å². The van der Waals surface area contributed by atoms with Gasteiger partial charge in [0.25, 0.3) is 5.91 Å². The van der Waals surface area contributed by atoms with Crippen molar-refractivity contribution in [1.29, 1.82) is 0 Å². The summed E-state index contributed by atoms with van der Waals surface area (Å²) >= 11 is 1.28. The normalized spacial score (nSPS) is 18.7. The number of rotatable bonds is 3. The third-order valence-corrected chi connectivity index (χ3v) is 4.95. The molecule has 1 unspecified atom stereocenters. The van der Waals surface area contributed by atoms with E-state index in [0.29, 0.717) is 16.3 Å². The number of piperidine rings is 1. The van der Waals surface area contributed by atoms with E-state index in [1.807, 2.05) is 11.1 Å². The number of hydrogen-bond acceptors (Lipinski definition) is 4. The first kappa shape index (κ1) is 14.0. The Morgan fingerprint density at radius 2 is 2.19 bits per heavy atom. The number of carbonyl (C=O) groups excluding carboxylic acids is 2. The lowest BCUT2D eigenvalue weighted by atomic mass is 9.97. The molecule has 5 nitrogen and oxygen atoms in total. The van der Waals surface area contributed by atoms with Gasteiger partial charge >= 0.3 is 0 Å². The van der Waals surface area contributed by atoms with Crippen LogP contribution in [0.2, 0.25) is 0 Å². The molecule has 0 aromatic carbocycles. The molecule has 2 aromatic heterocycles. The first-order valence-corrected chi connectivity index (χ1v) is 7.86. The molecule has 21 heavy (non-hydrogen) atoms. The molecule has 0 bridgehead atoms. The molecule has 6 heteroatoms. The molecular formula is C15H17N3O2S. The molecule has 1 aliphatic rings. The van der Waals surface area contributed by atoms with Gasteiger partial charge < -0.3 is 9.88 Å². The van der Waals surface area contributed by atoms with Crippen molar-refractivity contribution >= 4 is 23.0 Å². The Kier molecular flexibility index (Phi) is 3.88. The Hall–Kier alpha value is -1.95. The number of aromatic amines is 1. The van der Waals surface area contributed by atoms with E-state index >= 15 is 0 Å². The fraction of sp³-hybridized carbons (Fsp3) is 0.400. The van der Waals surface area contributed by atoms with Crippen molar-refractivity contribution in [2.75, 3.05) is 13.1 Å². The minimum absolute atomic E-state index is 0.00570. The van der Waals surface area contributed by atoms with Crippen LogP contribution in [0.15, 0.2) is 24.5 Å². The van der Waals surface area contributed by atoms with Gasteiger partial charge in [-0.3, -0.25) is 9.59 Å². The number of likely N-dealkylation sites (tertiary alicyclic amines) is 1. The molecule has 3 heterocycles. The minimum atomic E-state index is 0.00570. The fourth-order valence-corrected chi connectivity index (χ4v) is 3.55. The van der Waals surface area contributed by atoms with Crippen LogP contribution in [0.5, 0.6) is 0 Å². The zero-order valence-corrected chi connectivity index (χ0v) is 12.7. The van der Waals surface area contributed by atoms with E-state index in [1.165, 1.54) is 18.3 Å². The Balaban J connectivity index is 1.73. The van der Waals surface area contributed by atoms with E-state index in [4.69, 9.17) is 0 Å². The van der Waals surface area contributed by atoms with Crippen molar-refractivity contribution < 1.29 is 9.59 Å². The second kappa shape index (κ2) is 5.81. The van der Waals surface area contributed by atoms with Crippen LogP contribution in [0.1, 0.15) is 50.9 Å². The molecule has 1 amide bonds. The number of thiophene rings is 1. The molecule has 1 atom stereocenters. The molecular weight excluding hydrogens is 286 g/mol. The summed E-state index contributed by atoms with van der Waals surface area (Å²) in [5.74, 6) is 1.24. The highest BCUT2D eigenvalue weighted by atomic mass is 32.1. The first-order valence-electron chi connectivity index (χ1n) is 7.04. The van der Waals surface area contributed by atoms with Gasteiger partial charge in [0.05, 0.1) is 9.75 Å². The van der Waals surface area contributed by atoms with Gasteiger partial charge in [-0.2, -0.15) is 0 Å². The molecule has 1 saturated heterocycles.